The summed E-state index contributed by atoms with van der Waals surface area (Å²) in [7, 11) is 0. The average molecular weight is 1180 g/mol. The molecule has 1 aromatic heterocycles. The van der Waals surface area contributed by atoms with Crippen molar-refractivity contribution in [3.05, 3.63) is 205 Å². The van der Waals surface area contributed by atoms with E-state index in [1.165, 1.54) is 18.5 Å². The van der Waals surface area contributed by atoms with Crippen molar-refractivity contribution in [3.63, 3.8) is 0 Å². The molecule has 0 aliphatic carbocycles. The van der Waals surface area contributed by atoms with E-state index in [-0.39, 0.29) is 5.75 Å². The molecule has 8 aromatic rings. The number of nitrogens with one attached hydrogen (secondary N) is 1. The van der Waals surface area contributed by atoms with Crippen molar-refractivity contribution in [2.24, 2.45) is 0 Å². The van der Waals surface area contributed by atoms with Gasteiger partial charge in [-0.3, -0.25) is 5.10 Å². The van der Waals surface area contributed by atoms with Crippen LogP contribution in [0.3, 0.4) is 0 Å². The first-order chi connectivity index (χ1) is 37.2. The zero-order valence-corrected chi connectivity index (χ0v) is 36.7. The zero-order chi connectivity index (χ0) is 60.3. The number of halogens is 30. The molecule has 0 spiro atoms. The minimum absolute atomic E-state index is 0.00161. The van der Waals surface area contributed by atoms with Crippen LogP contribution in [0.1, 0.15) is 0 Å². The van der Waals surface area contributed by atoms with Crippen LogP contribution >= 0.6 is 0 Å². The molecule has 420 valence electrons. The first-order valence-corrected chi connectivity index (χ1v) is 19.9. The van der Waals surface area contributed by atoms with Gasteiger partial charge >= 0.3 is 0 Å². The maximum absolute atomic E-state index is 14.4. The monoisotopic (exact) mass is 1180 g/mol. The third kappa shape index (κ3) is 10.0. The summed E-state index contributed by atoms with van der Waals surface area (Å²) in [6.07, 6.45) is 1.43. The van der Waals surface area contributed by atoms with Gasteiger partial charge in [0, 0.05) is 38.3 Å². The standard InChI is InChI=1S/2C18BF15.C8H7N3O/c2*20-4-1(5(21)11(27)16(32)10(4)26)19(2-6(22)12(28)17(33)13(29)7(2)23)3-8(24)14(30)18(34)15(31)9(3)25;12-7-3-1-6(2-4-7)8-9-5-10-11-8/h;;1-5,12H,(H,9,10,11)/p-1. The van der Waals surface area contributed by atoms with E-state index in [1.807, 2.05) is 0 Å². The van der Waals surface area contributed by atoms with E-state index in [4.69, 9.17) is 0 Å². The van der Waals surface area contributed by atoms with E-state index in [9.17, 15) is 137 Å². The molecule has 1 N–H and O–H groups in total. The first kappa shape index (κ1) is 60.7. The van der Waals surface area contributed by atoms with Crippen LogP contribution in [-0.2, 0) is 0 Å². The Labute approximate surface area is 420 Å². The maximum Gasteiger partial charge on any atom is 0.265 e. The molecule has 1 heterocycles. The Kier molecular flexibility index (Phi) is 17.2. The summed E-state index contributed by atoms with van der Waals surface area (Å²) in [4.78, 5) is 3.95. The first-order valence-electron chi connectivity index (χ1n) is 19.9. The van der Waals surface area contributed by atoms with Crippen molar-refractivity contribution >= 4 is 46.2 Å². The summed E-state index contributed by atoms with van der Waals surface area (Å²) in [5.41, 5.74) is -15.2. The van der Waals surface area contributed by atoms with E-state index >= 15 is 0 Å². The molecule has 0 unspecified atom stereocenters. The summed E-state index contributed by atoms with van der Waals surface area (Å²) in [5.74, 6) is -89.8. The molecule has 0 aliphatic rings. The molecule has 0 radical (unpaired) electrons. The molecule has 80 heavy (non-hydrogen) atoms. The number of nitrogens with zero attached hydrogens (tertiary/aromatic N) is 2. The fourth-order valence-corrected chi connectivity index (χ4v) is 7.08. The van der Waals surface area contributed by atoms with Crippen LogP contribution in [0.4, 0.5) is 132 Å². The molecule has 0 aliphatic heterocycles. The van der Waals surface area contributed by atoms with Gasteiger partial charge in [-0.05, 0) is 0 Å². The largest absolute Gasteiger partial charge is 0.872 e. The van der Waals surface area contributed by atoms with Crippen LogP contribution in [-0.4, -0.2) is 28.6 Å². The molecule has 4 nitrogen and oxygen atoms in total. The quantitative estimate of drug-likeness (QED) is 0.0751. The highest BCUT2D eigenvalue weighted by atomic mass is 19.2. The minimum atomic E-state index is -3.96. The van der Waals surface area contributed by atoms with Crippen molar-refractivity contribution in [2.75, 3.05) is 0 Å². The summed E-state index contributed by atoms with van der Waals surface area (Å²) >= 11 is 0. The number of aromatic amines is 1. The van der Waals surface area contributed by atoms with Gasteiger partial charge < -0.3 is 5.11 Å². The second-order valence-corrected chi connectivity index (χ2v) is 15.1. The number of hydrogen-bond acceptors (Lipinski definition) is 3. The van der Waals surface area contributed by atoms with Crippen LogP contribution in [0.15, 0.2) is 30.6 Å². The SMILES string of the molecule is Fc1c(F)c(F)c(B(c2c(F)c(F)c(F)c(F)c2F)c2c(F)c(F)c(F)c(F)c2F)c(F)c1F.Fc1c(F)c(F)c(B(c2c(F)c(F)c(F)c(F)c2F)c2c(F)c(F)c(F)c(F)c2F)c(F)c1F.[O-]c1ccc(-c2ncn[nH]2)cc1. The lowest BCUT2D eigenvalue weighted by atomic mass is 9.36. The number of H-pyrrole nitrogens is 1. The van der Waals surface area contributed by atoms with Crippen molar-refractivity contribution in [1.82, 2.24) is 15.2 Å². The molecule has 8 rings (SSSR count). The van der Waals surface area contributed by atoms with Gasteiger partial charge in [0.1, 0.15) is 6.33 Å². The van der Waals surface area contributed by atoms with E-state index in [1.54, 1.807) is 12.1 Å². The molecule has 0 saturated heterocycles. The Hall–Kier alpha value is -8.49. The minimum Gasteiger partial charge on any atom is -0.872 e. The van der Waals surface area contributed by atoms with Crippen LogP contribution in [0.25, 0.3) is 11.4 Å². The number of rotatable bonds is 7. The molecular weight excluding hydrogens is 1180 g/mol. The summed E-state index contributed by atoms with van der Waals surface area (Å²) in [6, 6.07) is 6.42. The van der Waals surface area contributed by atoms with Gasteiger partial charge in [0.15, 0.2) is 180 Å². The number of benzene rings is 7. The number of hydrogen-bond donors (Lipinski definition) is 1. The molecule has 7 aromatic carbocycles. The Bertz CT molecular complexity index is 3110. The van der Waals surface area contributed by atoms with Gasteiger partial charge in [0.25, 0.3) is 13.4 Å². The highest BCUT2D eigenvalue weighted by Crippen LogP contribution is 2.27. The van der Waals surface area contributed by atoms with Crippen molar-refractivity contribution < 1.29 is 137 Å². The average Bonchev–Trinajstić information content (AvgIpc) is 3.99. The highest BCUT2D eigenvalue weighted by Gasteiger charge is 2.47. The smallest absolute Gasteiger partial charge is 0.265 e. The van der Waals surface area contributed by atoms with E-state index in [0.717, 1.165) is 5.56 Å². The topological polar surface area (TPSA) is 64.6 Å². The van der Waals surface area contributed by atoms with E-state index < -0.39 is 221 Å². The third-order valence-corrected chi connectivity index (χ3v) is 10.7. The Morgan fingerprint density at radius 2 is 0.412 bits per heavy atom. The van der Waals surface area contributed by atoms with Crippen molar-refractivity contribution in [1.29, 1.82) is 0 Å². The summed E-state index contributed by atoms with van der Waals surface area (Å²) < 4.78 is 417. The van der Waals surface area contributed by atoms with Crippen molar-refractivity contribution in [2.45, 2.75) is 0 Å². The van der Waals surface area contributed by atoms with Crippen LogP contribution in [0.5, 0.6) is 5.75 Å². The lowest BCUT2D eigenvalue weighted by Gasteiger charge is -2.21. The zero-order valence-electron chi connectivity index (χ0n) is 36.7. The fraction of sp³-hybridized carbons (Fsp3) is 0. The van der Waals surface area contributed by atoms with Crippen molar-refractivity contribution in [3.8, 4) is 17.1 Å². The molecule has 0 saturated carbocycles. The lowest BCUT2D eigenvalue weighted by molar-refractivity contribution is -0.268. The van der Waals surface area contributed by atoms with E-state index in [2.05, 4.69) is 15.2 Å². The Balaban J connectivity index is 0.000000213. The predicted molar refractivity (Wildman–Crippen MR) is 208 cm³/mol. The molecule has 0 amide bonds. The van der Waals surface area contributed by atoms with Gasteiger partial charge in [-0.15, -0.1) is 5.75 Å². The lowest BCUT2D eigenvalue weighted by Crippen LogP contribution is -2.60. The fourth-order valence-electron chi connectivity index (χ4n) is 7.08. The van der Waals surface area contributed by atoms with E-state index in [0.29, 0.717) is 5.82 Å². The summed E-state index contributed by atoms with van der Waals surface area (Å²) in [5, 5.41) is 17.2. The van der Waals surface area contributed by atoms with Gasteiger partial charge in [-0.25, -0.2) is 137 Å². The van der Waals surface area contributed by atoms with Crippen LogP contribution < -0.4 is 37.9 Å². The molecule has 36 heteroatoms. The predicted octanol–water partition coefficient (Wildman–Crippen LogP) is 9.12. The third-order valence-electron chi connectivity index (χ3n) is 10.7. The van der Waals surface area contributed by atoms with Gasteiger partial charge in [0.2, 0.25) is 0 Å². The molecule has 0 atom stereocenters. The van der Waals surface area contributed by atoms with Crippen LogP contribution in [0, 0.1) is 175 Å². The molecular formula is C44H6B2F30N3O-. The molecule has 0 bridgehead atoms. The Morgan fingerprint density at radius 3 is 0.562 bits per heavy atom. The normalized spacial score (nSPS) is 11.2. The highest BCUT2D eigenvalue weighted by molar-refractivity contribution is 6.96. The maximum atomic E-state index is 14.4. The van der Waals surface area contributed by atoms with Gasteiger partial charge in [-0.2, -0.15) is 5.10 Å². The summed E-state index contributed by atoms with van der Waals surface area (Å²) in [6.45, 7) is -7.92. The number of aromatic nitrogens is 3. The Morgan fingerprint density at radius 1 is 0.250 bits per heavy atom. The van der Waals surface area contributed by atoms with Gasteiger partial charge in [-0.1, -0.05) is 24.3 Å². The second kappa shape index (κ2) is 22.7. The van der Waals surface area contributed by atoms with Crippen LogP contribution in [0.2, 0.25) is 0 Å². The second-order valence-electron chi connectivity index (χ2n) is 15.1. The van der Waals surface area contributed by atoms with Gasteiger partial charge in [0.05, 0.1) is 0 Å². The molecule has 0 fully saturated rings.